The van der Waals surface area contributed by atoms with E-state index in [0.29, 0.717) is 5.75 Å². The number of carbonyl (C=O) groups excluding carboxylic acids is 1. The normalized spacial score (nSPS) is 10.6. The van der Waals surface area contributed by atoms with Gasteiger partial charge in [0.1, 0.15) is 5.03 Å². The Balaban J connectivity index is 1.58. The van der Waals surface area contributed by atoms with Crippen LogP contribution >= 0.6 is 11.8 Å². The predicted molar refractivity (Wildman–Crippen MR) is 107 cm³/mol. The maximum atomic E-state index is 12.2. The van der Waals surface area contributed by atoms with Gasteiger partial charge in [-0.25, -0.2) is 0 Å². The number of carbonyl (C=O) groups is 1. The third-order valence-corrected chi connectivity index (χ3v) is 5.14. The lowest BCUT2D eigenvalue weighted by molar-refractivity contribution is -0.113. The Morgan fingerprint density at radius 3 is 2.42 bits per heavy atom. The lowest BCUT2D eigenvalue weighted by Crippen LogP contribution is -2.15. The van der Waals surface area contributed by atoms with Gasteiger partial charge in [-0.2, -0.15) is 0 Å². The Labute approximate surface area is 158 Å². The first-order chi connectivity index (χ1) is 12.5. The summed E-state index contributed by atoms with van der Waals surface area (Å²) in [5.74, 6) is 0.250. The predicted octanol–water partition coefficient (Wildman–Crippen LogP) is 4.80. The summed E-state index contributed by atoms with van der Waals surface area (Å²) in [4.78, 5) is 12.2. The van der Waals surface area contributed by atoms with Gasteiger partial charge in [0.05, 0.1) is 11.4 Å². The Morgan fingerprint density at radius 1 is 0.962 bits per heavy atom. The van der Waals surface area contributed by atoms with Crippen molar-refractivity contribution in [2.75, 3.05) is 11.1 Å². The summed E-state index contributed by atoms with van der Waals surface area (Å²) in [6.45, 7) is 6.09. The quantitative estimate of drug-likeness (QED) is 0.662. The number of nitrogens with one attached hydrogen (secondary N) is 1. The lowest BCUT2D eigenvalue weighted by atomic mass is 10.1. The van der Waals surface area contributed by atoms with Gasteiger partial charge in [-0.05, 0) is 50.1 Å². The fourth-order valence-corrected chi connectivity index (χ4v) is 3.10. The Hall–Kier alpha value is -2.66. The van der Waals surface area contributed by atoms with Crippen molar-refractivity contribution in [2.24, 2.45) is 0 Å². The summed E-state index contributed by atoms with van der Waals surface area (Å²) in [5.41, 5.74) is 6.18. The molecule has 0 atom stereocenters. The van der Waals surface area contributed by atoms with E-state index in [0.717, 1.165) is 33.1 Å². The van der Waals surface area contributed by atoms with Gasteiger partial charge in [0, 0.05) is 11.3 Å². The van der Waals surface area contributed by atoms with Crippen molar-refractivity contribution in [3.8, 4) is 11.3 Å². The van der Waals surface area contributed by atoms with Gasteiger partial charge in [0.15, 0.2) is 0 Å². The van der Waals surface area contributed by atoms with E-state index in [2.05, 4.69) is 34.6 Å². The number of benzene rings is 2. The van der Waals surface area contributed by atoms with E-state index in [4.69, 9.17) is 0 Å². The molecule has 0 unspecified atom stereocenters. The number of thioether (sulfide) groups is 1. The number of hydrogen-bond donors (Lipinski definition) is 1. The van der Waals surface area contributed by atoms with E-state index >= 15 is 0 Å². The molecule has 26 heavy (non-hydrogen) atoms. The highest BCUT2D eigenvalue weighted by molar-refractivity contribution is 7.99. The average Bonchev–Trinajstić information content (AvgIpc) is 2.65. The molecule has 1 amide bonds. The van der Waals surface area contributed by atoms with Gasteiger partial charge < -0.3 is 5.32 Å². The van der Waals surface area contributed by atoms with Crippen molar-refractivity contribution in [1.29, 1.82) is 0 Å². The lowest BCUT2D eigenvalue weighted by Gasteiger charge is -2.10. The maximum Gasteiger partial charge on any atom is 0.234 e. The van der Waals surface area contributed by atoms with Crippen LogP contribution in [0.2, 0.25) is 0 Å². The van der Waals surface area contributed by atoms with Crippen molar-refractivity contribution in [1.82, 2.24) is 10.2 Å². The third-order valence-electron chi connectivity index (χ3n) is 4.22. The van der Waals surface area contributed by atoms with Crippen LogP contribution in [-0.4, -0.2) is 21.9 Å². The summed E-state index contributed by atoms with van der Waals surface area (Å²) >= 11 is 1.38. The topological polar surface area (TPSA) is 54.9 Å². The summed E-state index contributed by atoms with van der Waals surface area (Å²) < 4.78 is 0. The fourth-order valence-electron chi connectivity index (χ4n) is 2.49. The monoisotopic (exact) mass is 363 g/mol. The van der Waals surface area contributed by atoms with Gasteiger partial charge in [-0.15, -0.1) is 10.2 Å². The largest absolute Gasteiger partial charge is 0.325 e. The van der Waals surface area contributed by atoms with E-state index in [-0.39, 0.29) is 5.91 Å². The molecule has 0 bridgehead atoms. The van der Waals surface area contributed by atoms with Crippen molar-refractivity contribution < 1.29 is 4.79 Å². The molecule has 1 aromatic heterocycles. The molecule has 4 nitrogen and oxygen atoms in total. The number of aromatic nitrogens is 2. The molecule has 3 aromatic rings. The first kappa shape index (κ1) is 18.1. The maximum absolute atomic E-state index is 12.2. The van der Waals surface area contributed by atoms with E-state index in [1.54, 1.807) is 0 Å². The molecule has 0 aliphatic rings. The Bertz CT molecular complexity index is 906. The zero-order valence-electron chi connectivity index (χ0n) is 15.1. The number of anilines is 1. The highest BCUT2D eigenvalue weighted by Crippen LogP contribution is 2.21. The van der Waals surface area contributed by atoms with Crippen LogP contribution in [0.5, 0.6) is 0 Å². The standard InChI is InChI=1S/C21H21N3OS/c1-14-7-9-17(10-8-14)19-11-12-21(24-23-19)26-13-20(25)22-18-6-4-5-15(2)16(18)3/h4-12H,13H2,1-3H3,(H,22,25). The van der Waals surface area contributed by atoms with Gasteiger partial charge in [-0.1, -0.05) is 53.7 Å². The second kappa shape index (κ2) is 8.15. The number of amides is 1. The van der Waals surface area contributed by atoms with Crippen LogP contribution < -0.4 is 5.32 Å². The molecule has 1 heterocycles. The molecule has 0 saturated carbocycles. The highest BCUT2D eigenvalue weighted by Gasteiger charge is 2.08. The number of hydrogen-bond acceptors (Lipinski definition) is 4. The zero-order chi connectivity index (χ0) is 18.5. The van der Waals surface area contributed by atoms with E-state index in [9.17, 15) is 4.79 Å². The zero-order valence-corrected chi connectivity index (χ0v) is 15.9. The van der Waals surface area contributed by atoms with E-state index in [1.807, 2.05) is 56.3 Å². The second-order valence-electron chi connectivity index (χ2n) is 6.21. The molecule has 0 aliphatic heterocycles. The van der Waals surface area contributed by atoms with Crippen molar-refractivity contribution in [3.63, 3.8) is 0 Å². The molecule has 5 heteroatoms. The van der Waals surface area contributed by atoms with Crippen LogP contribution in [0.15, 0.2) is 59.6 Å². The van der Waals surface area contributed by atoms with Crippen molar-refractivity contribution in [3.05, 3.63) is 71.3 Å². The Kier molecular flexibility index (Phi) is 5.68. The molecule has 0 spiro atoms. The van der Waals surface area contributed by atoms with Crippen molar-refractivity contribution in [2.45, 2.75) is 25.8 Å². The van der Waals surface area contributed by atoms with Crippen LogP contribution in [0.3, 0.4) is 0 Å². The second-order valence-corrected chi connectivity index (χ2v) is 7.20. The van der Waals surface area contributed by atoms with Gasteiger partial charge >= 0.3 is 0 Å². The first-order valence-electron chi connectivity index (χ1n) is 8.42. The first-order valence-corrected chi connectivity index (χ1v) is 9.41. The molecule has 0 fully saturated rings. The molecular weight excluding hydrogens is 342 g/mol. The minimum Gasteiger partial charge on any atom is -0.325 e. The fraction of sp³-hybridized carbons (Fsp3) is 0.190. The SMILES string of the molecule is Cc1ccc(-c2ccc(SCC(=O)Nc3cccc(C)c3C)nn2)cc1. The van der Waals surface area contributed by atoms with E-state index < -0.39 is 0 Å². The molecule has 0 saturated heterocycles. The van der Waals surface area contributed by atoms with Gasteiger partial charge in [-0.3, -0.25) is 4.79 Å². The van der Waals surface area contributed by atoms with Gasteiger partial charge in [0.25, 0.3) is 0 Å². The van der Waals surface area contributed by atoms with E-state index in [1.165, 1.54) is 17.3 Å². The van der Waals surface area contributed by atoms with Crippen LogP contribution in [0.1, 0.15) is 16.7 Å². The third kappa shape index (κ3) is 4.49. The molecule has 132 valence electrons. The smallest absolute Gasteiger partial charge is 0.234 e. The average molecular weight is 363 g/mol. The number of rotatable bonds is 5. The molecule has 0 aliphatic carbocycles. The molecule has 1 N–H and O–H groups in total. The molecule has 2 aromatic carbocycles. The van der Waals surface area contributed by atoms with Crippen LogP contribution in [0.25, 0.3) is 11.3 Å². The van der Waals surface area contributed by atoms with Gasteiger partial charge in [0.2, 0.25) is 5.91 Å². The summed E-state index contributed by atoms with van der Waals surface area (Å²) in [5, 5.41) is 12.2. The highest BCUT2D eigenvalue weighted by atomic mass is 32.2. The summed E-state index contributed by atoms with van der Waals surface area (Å²) in [7, 11) is 0. The van der Waals surface area contributed by atoms with Crippen molar-refractivity contribution >= 4 is 23.4 Å². The van der Waals surface area contributed by atoms with Crippen LogP contribution in [0.4, 0.5) is 5.69 Å². The molecular formula is C21H21N3OS. The van der Waals surface area contributed by atoms with Crippen LogP contribution in [0, 0.1) is 20.8 Å². The minimum absolute atomic E-state index is 0.0480. The van der Waals surface area contributed by atoms with Crippen LogP contribution in [-0.2, 0) is 4.79 Å². The number of nitrogens with zero attached hydrogens (tertiary/aromatic N) is 2. The number of aryl methyl sites for hydroxylation is 2. The summed E-state index contributed by atoms with van der Waals surface area (Å²) in [6.07, 6.45) is 0. The molecule has 0 radical (unpaired) electrons. The molecule has 3 rings (SSSR count). The Morgan fingerprint density at radius 2 is 1.73 bits per heavy atom. The minimum atomic E-state index is -0.0480. The summed E-state index contributed by atoms with van der Waals surface area (Å²) in [6, 6.07) is 17.9.